The molecule has 2 aromatic rings. The van der Waals surface area contributed by atoms with Crippen LogP contribution in [0.5, 0.6) is 0 Å². The quantitative estimate of drug-likeness (QED) is 0.219. The van der Waals surface area contributed by atoms with Gasteiger partial charge in [0.25, 0.3) is 0 Å². The molecule has 1 aromatic carbocycles. The lowest BCUT2D eigenvalue weighted by molar-refractivity contribution is -0.116. The third kappa shape index (κ3) is 6.12. The summed E-state index contributed by atoms with van der Waals surface area (Å²) in [5.74, 6) is -2.25. The minimum atomic E-state index is -4.62. The van der Waals surface area contributed by atoms with Crippen LogP contribution in [-0.2, 0) is 9.36 Å². The molecule has 134 valence electrons. The van der Waals surface area contributed by atoms with Gasteiger partial charge in [0, 0.05) is 16.5 Å². The van der Waals surface area contributed by atoms with Crippen molar-refractivity contribution in [2.45, 2.75) is 5.78 Å². The SMILES string of the molecule is Cl.N=C(N)c1ccc(C(NC(=O)C=Cc2cccs2)P(=O)(O)O)cc1. The molecule has 0 spiro atoms. The Bertz CT molecular complexity index is 803. The predicted molar refractivity (Wildman–Crippen MR) is 101 cm³/mol. The van der Waals surface area contributed by atoms with Crippen LogP contribution >= 0.6 is 31.3 Å². The van der Waals surface area contributed by atoms with Crippen LogP contribution in [0.3, 0.4) is 0 Å². The number of amides is 1. The minimum Gasteiger partial charge on any atom is -0.384 e. The van der Waals surface area contributed by atoms with Gasteiger partial charge in [-0.25, -0.2) is 0 Å². The number of hydrogen-bond acceptors (Lipinski definition) is 4. The molecule has 1 amide bonds. The van der Waals surface area contributed by atoms with Gasteiger partial charge in [-0.05, 0) is 23.1 Å². The Morgan fingerprint density at radius 3 is 2.40 bits per heavy atom. The summed E-state index contributed by atoms with van der Waals surface area (Å²) in [6.07, 6.45) is 2.79. The van der Waals surface area contributed by atoms with E-state index in [0.717, 1.165) is 4.88 Å². The molecule has 6 N–H and O–H groups in total. The number of hydrogen-bond donors (Lipinski definition) is 5. The normalized spacial score (nSPS) is 12.4. The molecule has 0 saturated heterocycles. The van der Waals surface area contributed by atoms with Gasteiger partial charge in [-0.2, -0.15) is 0 Å². The lowest BCUT2D eigenvalue weighted by Gasteiger charge is -2.19. The molecule has 7 nitrogen and oxygen atoms in total. The molecule has 0 aliphatic rings. The smallest absolute Gasteiger partial charge is 0.352 e. The average Bonchev–Trinajstić information content (AvgIpc) is 3.03. The van der Waals surface area contributed by atoms with Crippen molar-refractivity contribution in [1.82, 2.24) is 5.32 Å². The standard InChI is InChI=1S/C15H16N3O4PS.ClH/c16-14(17)10-3-5-11(6-4-10)15(23(20,21)22)18-13(19)8-7-12-2-1-9-24-12;/h1-9,15H,(H3,16,17)(H,18,19)(H2,20,21,22);1H. The topological polar surface area (TPSA) is 136 Å². The van der Waals surface area contributed by atoms with E-state index >= 15 is 0 Å². The van der Waals surface area contributed by atoms with E-state index in [9.17, 15) is 19.1 Å². The van der Waals surface area contributed by atoms with Crippen LogP contribution < -0.4 is 11.1 Å². The second-order valence-electron chi connectivity index (χ2n) is 4.88. The highest BCUT2D eigenvalue weighted by molar-refractivity contribution is 7.52. The van der Waals surface area contributed by atoms with Gasteiger partial charge < -0.3 is 20.8 Å². The van der Waals surface area contributed by atoms with E-state index in [1.165, 1.54) is 41.7 Å². The van der Waals surface area contributed by atoms with Gasteiger partial charge in [0.2, 0.25) is 5.91 Å². The third-order valence-corrected chi connectivity index (χ3v) is 5.03. The summed E-state index contributed by atoms with van der Waals surface area (Å²) in [4.78, 5) is 31.8. The Morgan fingerprint density at radius 1 is 1.28 bits per heavy atom. The lowest BCUT2D eigenvalue weighted by atomic mass is 10.1. The number of benzene rings is 1. The van der Waals surface area contributed by atoms with Crippen molar-refractivity contribution in [2.75, 3.05) is 0 Å². The second kappa shape index (κ2) is 8.94. The van der Waals surface area contributed by atoms with Crippen molar-refractivity contribution < 1.29 is 19.1 Å². The summed E-state index contributed by atoms with van der Waals surface area (Å²) in [5.41, 5.74) is 6.00. The highest BCUT2D eigenvalue weighted by Gasteiger charge is 2.31. The summed E-state index contributed by atoms with van der Waals surface area (Å²) in [6, 6.07) is 9.42. The molecule has 1 heterocycles. The Kier molecular flexibility index (Phi) is 7.54. The zero-order valence-corrected chi connectivity index (χ0v) is 15.4. The summed E-state index contributed by atoms with van der Waals surface area (Å²) in [6.45, 7) is 0. The van der Waals surface area contributed by atoms with E-state index in [0.29, 0.717) is 5.56 Å². The van der Waals surface area contributed by atoms with Crippen molar-refractivity contribution in [3.63, 3.8) is 0 Å². The van der Waals surface area contributed by atoms with E-state index in [1.54, 1.807) is 6.08 Å². The van der Waals surface area contributed by atoms with Gasteiger partial charge in [0.05, 0.1) is 0 Å². The van der Waals surface area contributed by atoms with Crippen LogP contribution in [0.1, 0.15) is 21.8 Å². The van der Waals surface area contributed by atoms with E-state index < -0.39 is 19.3 Å². The maximum absolute atomic E-state index is 12.0. The van der Waals surface area contributed by atoms with E-state index in [4.69, 9.17) is 11.1 Å². The molecule has 1 aromatic heterocycles. The zero-order chi connectivity index (χ0) is 17.7. The number of halogens is 1. The third-order valence-electron chi connectivity index (χ3n) is 3.09. The van der Waals surface area contributed by atoms with E-state index in [1.807, 2.05) is 17.5 Å². The Hall–Kier alpha value is -1.96. The molecule has 0 aliphatic heterocycles. The first-order valence-electron chi connectivity index (χ1n) is 6.79. The number of carbonyl (C=O) groups is 1. The van der Waals surface area contributed by atoms with Crippen LogP contribution in [0.4, 0.5) is 0 Å². The fourth-order valence-electron chi connectivity index (χ4n) is 1.93. The number of thiophene rings is 1. The Balaban J connectivity index is 0.00000312. The number of amidine groups is 1. The molecule has 0 saturated carbocycles. The zero-order valence-electron chi connectivity index (χ0n) is 12.8. The van der Waals surface area contributed by atoms with E-state index in [-0.39, 0.29) is 23.8 Å². The van der Waals surface area contributed by atoms with Gasteiger partial charge in [0.1, 0.15) is 5.84 Å². The van der Waals surface area contributed by atoms with E-state index in [2.05, 4.69) is 5.32 Å². The van der Waals surface area contributed by atoms with Crippen molar-refractivity contribution in [2.24, 2.45) is 5.73 Å². The van der Waals surface area contributed by atoms with Gasteiger partial charge >= 0.3 is 7.60 Å². The van der Waals surface area contributed by atoms with Crippen LogP contribution in [0.2, 0.25) is 0 Å². The minimum absolute atomic E-state index is 0. The van der Waals surface area contributed by atoms with Crippen molar-refractivity contribution in [3.05, 3.63) is 63.9 Å². The van der Waals surface area contributed by atoms with Gasteiger partial charge in [0.15, 0.2) is 5.78 Å². The molecule has 0 fully saturated rings. The first-order chi connectivity index (χ1) is 11.3. The van der Waals surface area contributed by atoms with Crippen LogP contribution in [-0.4, -0.2) is 21.5 Å². The first kappa shape index (κ1) is 21.1. The summed E-state index contributed by atoms with van der Waals surface area (Å²) in [7, 11) is -4.62. The lowest BCUT2D eigenvalue weighted by Crippen LogP contribution is -2.27. The highest BCUT2D eigenvalue weighted by atomic mass is 35.5. The van der Waals surface area contributed by atoms with Gasteiger partial charge in [-0.3, -0.25) is 14.8 Å². The maximum atomic E-state index is 12.0. The first-order valence-corrected chi connectivity index (χ1v) is 9.35. The number of nitrogens with one attached hydrogen (secondary N) is 2. The number of carbonyl (C=O) groups excluding carboxylic acids is 1. The fraction of sp³-hybridized carbons (Fsp3) is 0.0667. The molecule has 0 radical (unpaired) electrons. The van der Waals surface area contributed by atoms with Crippen molar-refractivity contribution in [3.8, 4) is 0 Å². The highest BCUT2D eigenvalue weighted by Crippen LogP contribution is 2.49. The molecular formula is C15H17ClN3O4PS. The van der Waals surface area contributed by atoms with Gasteiger partial charge in [-0.15, -0.1) is 23.7 Å². The average molecular weight is 402 g/mol. The number of nitrogen functional groups attached to an aromatic ring is 1. The molecule has 0 bridgehead atoms. The Morgan fingerprint density at radius 2 is 1.92 bits per heavy atom. The maximum Gasteiger partial charge on any atom is 0.352 e. The summed E-state index contributed by atoms with van der Waals surface area (Å²) < 4.78 is 11.7. The summed E-state index contributed by atoms with van der Waals surface area (Å²) in [5, 5.41) is 11.5. The molecule has 0 aliphatic carbocycles. The monoisotopic (exact) mass is 401 g/mol. The van der Waals surface area contributed by atoms with Crippen molar-refractivity contribution >= 4 is 49.2 Å². The van der Waals surface area contributed by atoms with Crippen LogP contribution in [0.15, 0.2) is 47.9 Å². The molecule has 2 rings (SSSR count). The predicted octanol–water partition coefficient (Wildman–Crippen LogP) is 2.46. The Labute approximate surface area is 154 Å². The molecule has 25 heavy (non-hydrogen) atoms. The van der Waals surface area contributed by atoms with Gasteiger partial charge in [-0.1, -0.05) is 30.3 Å². The molecule has 10 heteroatoms. The number of rotatable bonds is 6. The summed E-state index contributed by atoms with van der Waals surface area (Å²) >= 11 is 1.44. The van der Waals surface area contributed by atoms with Crippen LogP contribution in [0.25, 0.3) is 6.08 Å². The molecular weight excluding hydrogens is 385 g/mol. The fourth-order valence-corrected chi connectivity index (χ4v) is 3.41. The van der Waals surface area contributed by atoms with Crippen molar-refractivity contribution in [1.29, 1.82) is 5.41 Å². The van der Waals surface area contributed by atoms with Crippen LogP contribution in [0, 0.1) is 5.41 Å². The molecule has 1 unspecified atom stereocenters. The molecule has 1 atom stereocenters. The number of nitrogens with two attached hydrogens (primary N) is 1. The largest absolute Gasteiger partial charge is 0.384 e. The second-order valence-corrected chi connectivity index (χ2v) is 7.56.